The van der Waals surface area contributed by atoms with Gasteiger partial charge in [-0.15, -0.1) is 0 Å². The number of pyridine rings is 2. The number of hydrogen-bond donors (Lipinski definition) is 5. The van der Waals surface area contributed by atoms with Crippen molar-refractivity contribution in [3.05, 3.63) is 191 Å². The van der Waals surface area contributed by atoms with Gasteiger partial charge in [0.2, 0.25) is 0 Å². The molecule has 7 N–H and O–H groups in total. The van der Waals surface area contributed by atoms with Gasteiger partial charge in [-0.1, -0.05) is 74.5 Å². The second-order valence-corrected chi connectivity index (χ2v) is 26.9. The van der Waals surface area contributed by atoms with Crippen LogP contribution in [0.4, 0.5) is 21.2 Å². The van der Waals surface area contributed by atoms with Crippen molar-refractivity contribution in [1.82, 2.24) is 39.4 Å². The van der Waals surface area contributed by atoms with Gasteiger partial charge >= 0.3 is 12.2 Å². The highest BCUT2D eigenvalue weighted by Gasteiger charge is 2.37. The number of nitrogens with zero attached hydrogens (tertiary/aromatic N) is 7. The molecule has 93 heavy (non-hydrogen) atoms. The lowest BCUT2D eigenvalue weighted by atomic mass is 10.0. The summed E-state index contributed by atoms with van der Waals surface area (Å²) in [6.07, 6.45) is 9.12. The summed E-state index contributed by atoms with van der Waals surface area (Å²) in [5, 5.41) is 6.84. The number of carbonyl (C=O) groups excluding carboxylic acids is 6. The smallest absolute Gasteiger partial charge is 0.410 e. The lowest BCUT2D eigenvalue weighted by molar-refractivity contribution is 0.00739. The number of imidazole rings is 2. The second-order valence-electron chi connectivity index (χ2n) is 24.6. The average Bonchev–Trinajstić information content (AvgIpc) is 1.65. The topological polar surface area (TPSA) is 302 Å². The maximum absolute atomic E-state index is 13.0. The predicted molar refractivity (Wildman–Crippen MR) is 359 cm³/mol. The number of benzene rings is 4. The molecule has 0 radical (unpaired) electrons. The van der Waals surface area contributed by atoms with Crippen molar-refractivity contribution in [2.75, 3.05) is 29.6 Å². The van der Waals surface area contributed by atoms with Crippen LogP contribution < -0.4 is 33.0 Å². The van der Waals surface area contributed by atoms with Crippen LogP contribution in [-0.4, -0.2) is 99.3 Å². The maximum Gasteiger partial charge on any atom is 0.410 e. The van der Waals surface area contributed by atoms with Gasteiger partial charge in [0.1, 0.15) is 45.7 Å². The number of aromatic amines is 1. The maximum atomic E-state index is 13.0. The summed E-state index contributed by atoms with van der Waals surface area (Å²) in [7, 11) is -3.13. The van der Waals surface area contributed by atoms with Crippen LogP contribution >= 0.6 is 7.37 Å². The molecule has 6 heterocycles. The van der Waals surface area contributed by atoms with Crippen molar-refractivity contribution >= 4 is 65.2 Å². The number of aryl methyl sites for hydroxylation is 2. The fourth-order valence-electron chi connectivity index (χ4n) is 10.7. The molecule has 2 aliphatic rings. The van der Waals surface area contributed by atoms with E-state index in [1.54, 1.807) is 95.0 Å². The summed E-state index contributed by atoms with van der Waals surface area (Å²) in [4.78, 5) is 101. The minimum atomic E-state index is -3.13. The lowest BCUT2D eigenvalue weighted by Crippen LogP contribution is -2.43. The number of piperidine rings is 2. The third-order valence-corrected chi connectivity index (χ3v) is 17.6. The number of likely N-dealkylation sites (tertiary alicyclic amines) is 2. The molecule has 2 atom stereocenters. The lowest BCUT2D eigenvalue weighted by Gasteiger charge is -2.36. The van der Waals surface area contributed by atoms with Gasteiger partial charge < -0.3 is 30.9 Å². The third-order valence-electron chi connectivity index (χ3n) is 15.4. The number of carbonyl (C=O) groups is 6. The number of hydrogen-bond acceptors (Lipinski definition) is 16. The Labute approximate surface area is 542 Å². The van der Waals surface area contributed by atoms with Crippen LogP contribution in [0, 0.1) is 0 Å². The quantitative estimate of drug-likeness (QED) is 0.0276. The number of ketones is 2. The van der Waals surface area contributed by atoms with Gasteiger partial charge in [0.05, 0.1) is 17.8 Å². The standard InChI is InChI=1S/C29H36N6O4.C29H35N5O4.C12H12NO2P/c1-6-19-14-15-31-23(17-19)32-27(37)21-12-10-20(11-13-21)24-25(18(2)36)35(30)26(33-24)22-9-7-8-16-34(22)28(38)39-29(3,4)5;1-6-19-14-15-30-23(17-19)31-27(36)21-12-10-20(11-13-21)25-24(18(2)35)32-26(33-25)22-9-7-8-16-34(22)28(37)38-29(3,4)5;13-15-16(14,11-7-3-1-4-8-11)12-9-5-2-6-10-12/h10-15,17,22H,6-9,16,30H2,1-5H3,(H,31,32,37);10-15,17,22H,6-9,16H2,1-5H3,(H,32,33)(H,30,31,36);1-10H,13H2/t2*22-;/m00./s1. The van der Waals surface area contributed by atoms with Gasteiger partial charge in [-0.05, 0) is 177 Å². The molecule has 2 aliphatic heterocycles. The molecule has 0 saturated carbocycles. The van der Waals surface area contributed by atoms with Crippen molar-refractivity contribution in [3.63, 3.8) is 0 Å². The van der Waals surface area contributed by atoms with Crippen LogP contribution in [0.15, 0.2) is 146 Å². The van der Waals surface area contributed by atoms with E-state index in [4.69, 9.17) is 35.8 Å². The van der Waals surface area contributed by atoms with E-state index in [9.17, 15) is 33.3 Å². The number of anilines is 2. The highest BCUT2D eigenvalue weighted by molar-refractivity contribution is 7.74. The molecule has 0 aliphatic carbocycles. The first-order chi connectivity index (χ1) is 44.3. The molecule has 2 saturated heterocycles. The molecule has 23 heteroatoms. The monoisotopic (exact) mass is 1280 g/mol. The van der Waals surface area contributed by atoms with Gasteiger partial charge in [-0.25, -0.2) is 44.7 Å². The Morgan fingerprint density at radius 2 is 1.03 bits per heavy atom. The largest absolute Gasteiger partial charge is 0.444 e. The number of H-pyrrole nitrogens is 1. The number of nitrogens with one attached hydrogen (secondary N) is 3. The van der Waals surface area contributed by atoms with Crippen LogP contribution in [0.2, 0.25) is 0 Å². The van der Waals surface area contributed by atoms with E-state index >= 15 is 0 Å². The summed E-state index contributed by atoms with van der Waals surface area (Å²) < 4.78 is 29.9. The van der Waals surface area contributed by atoms with Crippen molar-refractivity contribution in [1.29, 1.82) is 0 Å². The Morgan fingerprint density at radius 3 is 1.45 bits per heavy atom. The van der Waals surface area contributed by atoms with Crippen LogP contribution in [0.5, 0.6) is 0 Å². The summed E-state index contributed by atoms with van der Waals surface area (Å²) in [6.45, 7) is 19.0. The normalized spacial score (nSPS) is 14.9. The molecule has 488 valence electrons. The Bertz CT molecular complexity index is 3930. The van der Waals surface area contributed by atoms with E-state index < -0.39 is 30.7 Å². The first kappa shape index (κ1) is 69.3. The SMILES string of the molecule is CCc1ccnc(NC(=O)c2ccc(-c3nc([C@@H]4CCCCN4C(=O)OC(C)(C)C)[nH]c3C(C)=O)cc2)c1.CCc1ccnc(NC(=O)c2ccc(-c3nc([C@@H]4CCCCN4C(=O)OC(C)(C)C)n(N)c3C(C)=O)cc2)c1.NOP(=O)(c1ccccc1)c1ccccc1. The van der Waals surface area contributed by atoms with E-state index in [0.717, 1.165) is 56.1 Å². The van der Waals surface area contributed by atoms with Crippen molar-refractivity contribution in [2.45, 2.75) is 144 Å². The molecule has 2 fully saturated rings. The minimum Gasteiger partial charge on any atom is -0.444 e. The number of Topliss-reactive ketones (excluding diaryl/α,β-unsaturated/α-hetero) is 2. The molecule has 22 nitrogen and oxygen atoms in total. The summed E-state index contributed by atoms with van der Waals surface area (Å²) in [6, 6.07) is 38.4. The first-order valence-corrected chi connectivity index (χ1v) is 32.8. The van der Waals surface area contributed by atoms with Crippen LogP contribution in [0.1, 0.15) is 184 Å². The number of ether oxygens (including phenoxy) is 2. The molecular weight excluding hydrogens is 1200 g/mol. The Morgan fingerprint density at radius 1 is 0.591 bits per heavy atom. The molecule has 0 unspecified atom stereocenters. The number of rotatable bonds is 15. The highest BCUT2D eigenvalue weighted by Crippen LogP contribution is 2.42. The molecule has 10 rings (SSSR count). The Balaban J connectivity index is 0.000000194. The third kappa shape index (κ3) is 17.7. The van der Waals surface area contributed by atoms with Gasteiger partial charge in [-0.2, -0.15) is 0 Å². The molecular formula is C70H83N12O10P. The van der Waals surface area contributed by atoms with E-state index in [1.165, 1.54) is 18.5 Å². The zero-order valence-electron chi connectivity index (χ0n) is 54.4. The van der Waals surface area contributed by atoms with E-state index in [-0.39, 0.29) is 41.2 Å². The Hall–Kier alpha value is -9.63. The van der Waals surface area contributed by atoms with Crippen LogP contribution in [0.25, 0.3) is 22.5 Å². The van der Waals surface area contributed by atoms with Crippen molar-refractivity contribution in [2.24, 2.45) is 5.90 Å². The Kier molecular flexibility index (Phi) is 22.8. The molecule has 0 bridgehead atoms. The van der Waals surface area contributed by atoms with E-state index in [1.807, 2.05) is 116 Å². The molecule has 4 aromatic carbocycles. The van der Waals surface area contributed by atoms with Gasteiger partial charge in [0.15, 0.2) is 17.4 Å². The zero-order valence-corrected chi connectivity index (χ0v) is 55.3. The van der Waals surface area contributed by atoms with E-state index in [0.29, 0.717) is 92.7 Å². The molecule has 8 aromatic rings. The molecule has 4 amide bonds. The van der Waals surface area contributed by atoms with Gasteiger partial charge in [-0.3, -0.25) is 33.5 Å². The molecule has 0 spiro atoms. The fraction of sp³-hybridized carbons (Fsp3) is 0.343. The first-order valence-electron chi connectivity index (χ1n) is 31.1. The van der Waals surface area contributed by atoms with Crippen molar-refractivity contribution < 1.29 is 47.4 Å². The summed E-state index contributed by atoms with van der Waals surface area (Å²) in [5.41, 5.74) is 4.62. The van der Waals surface area contributed by atoms with Crippen LogP contribution in [0.3, 0.4) is 0 Å². The number of amides is 4. The zero-order chi connectivity index (χ0) is 67.2. The van der Waals surface area contributed by atoms with Gasteiger partial charge in [0, 0.05) is 72.2 Å². The highest BCUT2D eigenvalue weighted by atomic mass is 31.2. The van der Waals surface area contributed by atoms with Crippen molar-refractivity contribution in [3.8, 4) is 22.5 Å². The fourth-order valence-corrected chi connectivity index (χ4v) is 12.4. The predicted octanol–water partition coefficient (Wildman–Crippen LogP) is 12.9. The summed E-state index contributed by atoms with van der Waals surface area (Å²) in [5.74, 6) is 12.6. The van der Waals surface area contributed by atoms with E-state index in [2.05, 4.69) is 25.6 Å². The number of nitrogens with two attached hydrogens (primary N) is 2. The van der Waals surface area contributed by atoms with Gasteiger partial charge in [0.25, 0.3) is 19.2 Å². The minimum absolute atomic E-state index is 0.165. The second kappa shape index (κ2) is 30.7. The summed E-state index contributed by atoms with van der Waals surface area (Å²) >= 11 is 0. The average molecular weight is 1280 g/mol. The number of aromatic nitrogens is 6. The number of nitrogen functional groups attached to an aromatic ring is 1. The molecule has 4 aromatic heterocycles. The van der Waals surface area contributed by atoms with Crippen LogP contribution in [-0.2, 0) is 31.5 Å².